The highest BCUT2D eigenvalue weighted by molar-refractivity contribution is 5.83. The molecule has 1 N–H and O–H groups in total. The largest absolute Gasteiger partial charge is 0.361 e. The highest BCUT2D eigenvalue weighted by Gasteiger charge is 2.44. The van der Waals surface area contributed by atoms with E-state index in [0.29, 0.717) is 12.3 Å². The molecule has 0 aliphatic heterocycles. The third-order valence-corrected chi connectivity index (χ3v) is 4.83. The molecule has 0 unspecified atom stereocenters. The first-order chi connectivity index (χ1) is 10.9. The number of aryl methyl sites for hydroxylation is 2. The summed E-state index contributed by atoms with van der Waals surface area (Å²) in [6.07, 6.45) is 2.03. The second-order valence-electron chi connectivity index (χ2n) is 6.46. The zero-order valence-corrected chi connectivity index (χ0v) is 13.6. The molecule has 4 nitrogen and oxygen atoms in total. The second-order valence-corrected chi connectivity index (χ2v) is 6.46. The van der Waals surface area contributed by atoms with Crippen LogP contribution in [0.5, 0.6) is 0 Å². The molecule has 0 radical (unpaired) electrons. The molecule has 122 valence electrons. The number of amides is 1. The van der Waals surface area contributed by atoms with Crippen LogP contribution >= 0.6 is 0 Å². The van der Waals surface area contributed by atoms with Crippen LogP contribution in [0.25, 0.3) is 0 Å². The fourth-order valence-electron chi connectivity index (χ4n) is 3.17. The zero-order chi connectivity index (χ0) is 16.6. The van der Waals surface area contributed by atoms with Gasteiger partial charge < -0.3 is 9.84 Å². The third-order valence-electron chi connectivity index (χ3n) is 4.83. The second kappa shape index (κ2) is 5.80. The van der Waals surface area contributed by atoms with Gasteiger partial charge in [0.25, 0.3) is 0 Å². The summed E-state index contributed by atoms with van der Waals surface area (Å²) in [6.45, 7) is 6.10. The molecule has 23 heavy (non-hydrogen) atoms. The van der Waals surface area contributed by atoms with Gasteiger partial charge in [-0.25, -0.2) is 4.39 Å². The smallest absolute Gasteiger partial charge is 0.227 e. The van der Waals surface area contributed by atoms with E-state index in [9.17, 15) is 9.18 Å². The SMILES string of the molecule is Cc1noc(C)c1[C@@H](C)C(=O)NCC1(c2ccc(F)cc2)CC1. The van der Waals surface area contributed by atoms with Crippen molar-refractivity contribution in [1.82, 2.24) is 10.5 Å². The zero-order valence-electron chi connectivity index (χ0n) is 13.6. The molecule has 0 saturated heterocycles. The summed E-state index contributed by atoms with van der Waals surface area (Å²) in [4.78, 5) is 12.5. The number of benzene rings is 1. The number of carbonyl (C=O) groups is 1. The Morgan fingerprint density at radius 1 is 1.35 bits per heavy atom. The molecular formula is C18H21FN2O2. The van der Waals surface area contributed by atoms with Gasteiger partial charge in [-0.3, -0.25) is 4.79 Å². The lowest BCUT2D eigenvalue weighted by Gasteiger charge is -2.19. The predicted molar refractivity (Wildman–Crippen MR) is 84.7 cm³/mol. The standard InChI is InChI=1S/C18H21FN2O2/c1-11(16-12(2)21-23-13(16)3)17(22)20-10-18(8-9-18)14-4-6-15(19)7-5-14/h4-7,11H,8-10H2,1-3H3,(H,20,22)/t11-/m1/s1. The number of carbonyl (C=O) groups excluding carboxylic acids is 1. The first-order valence-corrected chi connectivity index (χ1v) is 7.89. The van der Waals surface area contributed by atoms with Gasteiger partial charge in [0.05, 0.1) is 11.6 Å². The third kappa shape index (κ3) is 3.00. The first-order valence-electron chi connectivity index (χ1n) is 7.89. The molecule has 1 amide bonds. The monoisotopic (exact) mass is 316 g/mol. The van der Waals surface area contributed by atoms with Gasteiger partial charge in [0.15, 0.2) is 0 Å². The van der Waals surface area contributed by atoms with Crippen LogP contribution in [0, 0.1) is 19.7 Å². The maximum Gasteiger partial charge on any atom is 0.227 e. The maximum atomic E-state index is 13.1. The Kier molecular flexibility index (Phi) is 3.96. The summed E-state index contributed by atoms with van der Waals surface area (Å²) in [5, 5.41) is 6.95. The van der Waals surface area contributed by atoms with Gasteiger partial charge in [-0.05, 0) is 51.3 Å². The molecule has 0 spiro atoms. The Balaban J connectivity index is 1.66. The maximum absolute atomic E-state index is 13.1. The summed E-state index contributed by atoms with van der Waals surface area (Å²) in [5.41, 5.74) is 2.66. The lowest BCUT2D eigenvalue weighted by molar-refractivity contribution is -0.122. The number of hydrogen-bond acceptors (Lipinski definition) is 3. The molecule has 1 heterocycles. The fourth-order valence-corrected chi connectivity index (χ4v) is 3.17. The van der Waals surface area contributed by atoms with E-state index in [2.05, 4.69) is 10.5 Å². The summed E-state index contributed by atoms with van der Waals surface area (Å²) < 4.78 is 18.2. The van der Waals surface area contributed by atoms with Crippen molar-refractivity contribution in [3.63, 3.8) is 0 Å². The molecule has 2 aromatic rings. The van der Waals surface area contributed by atoms with Crippen LogP contribution in [-0.2, 0) is 10.2 Å². The predicted octanol–water partition coefficient (Wildman–Crippen LogP) is 3.38. The molecule has 1 aromatic carbocycles. The van der Waals surface area contributed by atoms with E-state index in [0.717, 1.165) is 29.7 Å². The molecular weight excluding hydrogens is 295 g/mol. The van der Waals surface area contributed by atoms with Crippen molar-refractivity contribution in [1.29, 1.82) is 0 Å². The molecule has 1 aliphatic carbocycles. The minimum Gasteiger partial charge on any atom is -0.361 e. The Morgan fingerprint density at radius 3 is 2.52 bits per heavy atom. The van der Waals surface area contributed by atoms with Gasteiger partial charge >= 0.3 is 0 Å². The van der Waals surface area contributed by atoms with Crippen LogP contribution in [0.1, 0.15) is 48.3 Å². The summed E-state index contributed by atoms with van der Waals surface area (Å²) in [5.74, 6) is 0.114. The summed E-state index contributed by atoms with van der Waals surface area (Å²) in [6, 6.07) is 6.58. The minimum absolute atomic E-state index is 0.0345. The molecule has 1 atom stereocenters. The van der Waals surface area contributed by atoms with Crippen molar-refractivity contribution in [3.8, 4) is 0 Å². The Morgan fingerprint density at radius 2 is 2.00 bits per heavy atom. The van der Waals surface area contributed by atoms with Crippen molar-refractivity contribution >= 4 is 5.91 Å². The van der Waals surface area contributed by atoms with Crippen LogP contribution < -0.4 is 5.32 Å². The number of halogens is 1. The quantitative estimate of drug-likeness (QED) is 0.920. The van der Waals surface area contributed by atoms with E-state index in [-0.39, 0.29) is 23.1 Å². The van der Waals surface area contributed by atoms with Crippen LogP contribution in [0.4, 0.5) is 4.39 Å². The van der Waals surface area contributed by atoms with E-state index in [1.165, 1.54) is 12.1 Å². The highest BCUT2D eigenvalue weighted by atomic mass is 19.1. The Labute approximate surface area is 135 Å². The number of hydrogen-bond donors (Lipinski definition) is 1. The molecule has 1 aromatic heterocycles. The first kappa shape index (κ1) is 15.7. The Hall–Kier alpha value is -2.17. The van der Waals surface area contributed by atoms with Crippen LogP contribution in [0.2, 0.25) is 0 Å². The van der Waals surface area contributed by atoms with Crippen LogP contribution in [0.15, 0.2) is 28.8 Å². The molecule has 5 heteroatoms. The van der Waals surface area contributed by atoms with Crippen molar-refractivity contribution in [3.05, 3.63) is 52.7 Å². The van der Waals surface area contributed by atoms with Crippen LogP contribution in [0.3, 0.4) is 0 Å². The topological polar surface area (TPSA) is 55.1 Å². The summed E-state index contributed by atoms with van der Waals surface area (Å²) >= 11 is 0. The molecule has 1 aliphatic rings. The van der Waals surface area contributed by atoms with Crippen LogP contribution in [-0.4, -0.2) is 17.6 Å². The normalized spacial score (nSPS) is 16.9. The van der Waals surface area contributed by atoms with Crippen molar-refractivity contribution in [2.75, 3.05) is 6.54 Å². The number of nitrogens with one attached hydrogen (secondary N) is 1. The molecule has 3 rings (SSSR count). The number of nitrogens with zero attached hydrogens (tertiary/aromatic N) is 1. The number of aromatic nitrogens is 1. The van der Waals surface area contributed by atoms with Gasteiger partial charge in [0.2, 0.25) is 5.91 Å². The van der Waals surface area contributed by atoms with E-state index >= 15 is 0 Å². The van der Waals surface area contributed by atoms with Gasteiger partial charge in [0.1, 0.15) is 11.6 Å². The average Bonchev–Trinajstić information content (AvgIpc) is 3.25. The lowest BCUT2D eigenvalue weighted by Crippen LogP contribution is -2.35. The molecule has 1 fully saturated rings. The highest BCUT2D eigenvalue weighted by Crippen LogP contribution is 2.47. The van der Waals surface area contributed by atoms with E-state index in [1.807, 2.05) is 32.9 Å². The fraction of sp³-hybridized carbons (Fsp3) is 0.444. The van der Waals surface area contributed by atoms with E-state index in [4.69, 9.17) is 4.52 Å². The lowest BCUT2D eigenvalue weighted by atomic mass is 9.94. The average molecular weight is 316 g/mol. The van der Waals surface area contributed by atoms with Crippen molar-refractivity contribution in [2.45, 2.75) is 44.9 Å². The van der Waals surface area contributed by atoms with Crippen molar-refractivity contribution < 1.29 is 13.7 Å². The van der Waals surface area contributed by atoms with E-state index in [1.54, 1.807) is 0 Å². The van der Waals surface area contributed by atoms with E-state index < -0.39 is 0 Å². The van der Waals surface area contributed by atoms with Gasteiger partial charge in [-0.1, -0.05) is 17.3 Å². The minimum atomic E-state index is -0.301. The molecule has 1 saturated carbocycles. The summed E-state index contributed by atoms with van der Waals surface area (Å²) in [7, 11) is 0. The number of rotatable bonds is 5. The van der Waals surface area contributed by atoms with Crippen molar-refractivity contribution in [2.24, 2.45) is 0 Å². The van der Waals surface area contributed by atoms with Gasteiger partial charge in [-0.2, -0.15) is 0 Å². The molecule has 0 bridgehead atoms. The van der Waals surface area contributed by atoms with Gasteiger partial charge in [-0.15, -0.1) is 0 Å². The Bertz CT molecular complexity index is 698. The van der Waals surface area contributed by atoms with Gasteiger partial charge in [0, 0.05) is 17.5 Å².